The zero-order valence-corrected chi connectivity index (χ0v) is 20.1. The molecule has 1 atom stereocenters. The zero-order chi connectivity index (χ0) is 23.4. The van der Waals surface area contributed by atoms with Crippen LogP contribution in [0, 0.1) is 0 Å². The fourth-order valence-electron chi connectivity index (χ4n) is 3.63. The summed E-state index contributed by atoms with van der Waals surface area (Å²) in [4.78, 5) is 4.45. The highest BCUT2D eigenvalue weighted by Gasteiger charge is 2.31. The Balaban J connectivity index is 1.58. The van der Waals surface area contributed by atoms with Gasteiger partial charge in [0.1, 0.15) is 5.88 Å². The van der Waals surface area contributed by atoms with Crippen LogP contribution in [0.4, 0.5) is 0 Å². The van der Waals surface area contributed by atoms with E-state index in [9.17, 15) is 8.42 Å². The maximum Gasteiger partial charge on any atom is 0.215 e. The molecule has 0 aromatic heterocycles. The van der Waals surface area contributed by atoms with Crippen LogP contribution in [0.15, 0.2) is 93.9 Å². The number of halogens is 2. The lowest BCUT2D eigenvalue weighted by Gasteiger charge is -2.19. The number of sulfone groups is 1. The van der Waals surface area contributed by atoms with Crippen LogP contribution < -0.4 is 5.32 Å². The molecule has 6 nitrogen and oxygen atoms in total. The fraction of sp³-hybridized carbons (Fsp3) is 0.167. The number of hydrazone groups is 1. The third kappa shape index (κ3) is 5.38. The number of aliphatic imine (C=N–C) groups is 1. The van der Waals surface area contributed by atoms with Crippen molar-refractivity contribution in [2.45, 2.75) is 10.8 Å². The van der Waals surface area contributed by atoms with Crippen molar-refractivity contribution in [2.24, 2.45) is 10.1 Å². The number of nitrogens with one attached hydrogen (secondary N) is 1. The molecular formula is C24H22Cl2N4O2S. The Bertz CT molecular complexity index is 1280. The van der Waals surface area contributed by atoms with Gasteiger partial charge in [0.2, 0.25) is 5.96 Å². The molecule has 0 amide bonds. The van der Waals surface area contributed by atoms with Gasteiger partial charge in [0.05, 0.1) is 17.2 Å². The molecule has 0 aliphatic carbocycles. The zero-order valence-electron chi connectivity index (χ0n) is 17.8. The highest BCUT2D eigenvalue weighted by atomic mass is 35.5. The van der Waals surface area contributed by atoms with Crippen molar-refractivity contribution in [1.82, 2.24) is 10.3 Å². The first kappa shape index (κ1) is 23.3. The SMILES string of the molecule is CN=C(NCS(=O)(=O)c1ccc(Cl)cc1)N1CC(c2ccccc2)C(c2ccc(Cl)cc2)=N1. The minimum atomic E-state index is -3.59. The highest BCUT2D eigenvalue weighted by molar-refractivity contribution is 7.91. The second-order valence-electron chi connectivity index (χ2n) is 7.47. The minimum absolute atomic E-state index is 0.0150. The number of hydrogen-bond acceptors (Lipinski definition) is 4. The molecule has 0 saturated heterocycles. The molecule has 1 aliphatic rings. The summed E-state index contributed by atoms with van der Waals surface area (Å²) in [5.41, 5.74) is 2.92. The van der Waals surface area contributed by atoms with Crippen LogP contribution in [0.5, 0.6) is 0 Å². The van der Waals surface area contributed by atoms with Crippen LogP contribution in [0.3, 0.4) is 0 Å². The topological polar surface area (TPSA) is 74.1 Å². The van der Waals surface area contributed by atoms with Gasteiger partial charge in [-0.1, -0.05) is 65.7 Å². The van der Waals surface area contributed by atoms with Crippen molar-refractivity contribution in [3.63, 3.8) is 0 Å². The van der Waals surface area contributed by atoms with E-state index in [0.717, 1.165) is 16.8 Å². The second kappa shape index (κ2) is 9.95. The van der Waals surface area contributed by atoms with E-state index >= 15 is 0 Å². The monoisotopic (exact) mass is 500 g/mol. The summed E-state index contributed by atoms with van der Waals surface area (Å²) in [5.74, 6) is 0.0378. The molecule has 33 heavy (non-hydrogen) atoms. The van der Waals surface area contributed by atoms with Crippen LogP contribution in [0.2, 0.25) is 10.0 Å². The highest BCUT2D eigenvalue weighted by Crippen LogP contribution is 2.29. The number of guanidine groups is 1. The maximum absolute atomic E-state index is 12.8. The average Bonchev–Trinajstić information content (AvgIpc) is 3.26. The van der Waals surface area contributed by atoms with Crippen molar-refractivity contribution < 1.29 is 8.42 Å². The summed E-state index contributed by atoms with van der Waals surface area (Å²) >= 11 is 11.9. The Morgan fingerprint density at radius 1 is 1.00 bits per heavy atom. The Morgan fingerprint density at radius 3 is 2.21 bits per heavy atom. The minimum Gasteiger partial charge on any atom is -0.340 e. The molecule has 4 rings (SSSR count). The van der Waals surface area contributed by atoms with E-state index < -0.39 is 9.84 Å². The van der Waals surface area contributed by atoms with Gasteiger partial charge in [0.25, 0.3) is 0 Å². The lowest BCUT2D eigenvalue weighted by atomic mass is 9.91. The molecule has 3 aromatic rings. The summed E-state index contributed by atoms with van der Waals surface area (Å²) in [7, 11) is -1.99. The van der Waals surface area contributed by atoms with Gasteiger partial charge in [0, 0.05) is 23.0 Å². The molecule has 1 unspecified atom stereocenters. The molecule has 0 radical (unpaired) electrons. The Labute approximate surface area is 203 Å². The van der Waals surface area contributed by atoms with Gasteiger partial charge < -0.3 is 5.32 Å². The number of benzene rings is 3. The summed E-state index contributed by atoms with van der Waals surface area (Å²) in [6, 6.07) is 23.7. The molecule has 170 valence electrons. The lowest BCUT2D eigenvalue weighted by molar-refractivity contribution is 0.457. The van der Waals surface area contributed by atoms with Crippen molar-refractivity contribution in [3.05, 3.63) is 100 Å². The van der Waals surface area contributed by atoms with Crippen LogP contribution in [-0.4, -0.2) is 44.6 Å². The molecule has 3 aromatic carbocycles. The Morgan fingerprint density at radius 2 is 1.61 bits per heavy atom. The van der Waals surface area contributed by atoms with Crippen molar-refractivity contribution in [1.29, 1.82) is 0 Å². The largest absolute Gasteiger partial charge is 0.340 e. The lowest BCUT2D eigenvalue weighted by Crippen LogP contribution is -2.40. The number of hydrogen-bond donors (Lipinski definition) is 1. The smallest absolute Gasteiger partial charge is 0.215 e. The molecule has 0 spiro atoms. The number of nitrogens with zero attached hydrogens (tertiary/aromatic N) is 3. The third-order valence-corrected chi connectivity index (χ3v) is 7.32. The van der Waals surface area contributed by atoms with E-state index in [4.69, 9.17) is 28.3 Å². The maximum atomic E-state index is 12.8. The third-order valence-electron chi connectivity index (χ3n) is 5.31. The second-order valence-corrected chi connectivity index (χ2v) is 10.3. The predicted molar refractivity (Wildman–Crippen MR) is 134 cm³/mol. The molecule has 9 heteroatoms. The van der Waals surface area contributed by atoms with E-state index in [1.54, 1.807) is 24.2 Å². The van der Waals surface area contributed by atoms with E-state index in [0.29, 0.717) is 22.5 Å². The molecule has 1 heterocycles. The fourth-order valence-corrected chi connectivity index (χ4v) is 4.92. The van der Waals surface area contributed by atoms with Crippen LogP contribution >= 0.6 is 23.2 Å². The van der Waals surface area contributed by atoms with Crippen LogP contribution in [-0.2, 0) is 9.84 Å². The molecule has 1 N–H and O–H groups in total. The van der Waals surface area contributed by atoms with E-state index in [2.05, 4.69) is 22.4 Å². The van der Waals surface area contributed by atoms with E-state index in [1.807, 2.05) is 42.5 Å². The van der Waals surface area contributed by atoms with Crippen LogP contribution in [0.1, 0.15) is 17.0 Å². The molecule has 0 fully saturated rings. The average molecular weight is 501 g/mol. The van der Waals surface area contributed by atoms with E-state index in [-0.39, 0.29) is 16.7 Å². The first-order chi connectivity index (χ1) is 15.9. The summed E-state index contributed by atoms with van der Waals surface area (Å²) < 4.78 is 25.5. The molecule has 0 bridgehead atoms. The summed E-state index contributed by atoms with van der Waals surface area (Å²) in [6.07, 6.45) is 0. The molecule has 0 saturated carbocycles. The molecule has 1 aliphatic heterocycles. The summed E-state index contributed by atoms with van der Waals surface area (Å²) in [6.45, 7) is 0.517. The van der Waals surface area contributed by atoms with Gasteiger partial charge in [-0.2, -0.15) is 5.10 Å². The number of rotatable bonds is 5. The quantitative estimate of drug-likeness (QED) is 0.403. The van der Waals surface area contributed by atoms with Crippen molar-refractivity contribution >= 4 is 44.7 Å². The predicted octanol–water partition coefficient (Wildman–Crippen LogP) is 4.80. The Kier molecular flexibility index (Phi) is 7.02. The summed E-state index contributed by atoms with van der Waals surface area (Å²) in [5, 5.41) is 10.6. The van der Waals surface area contributed by atoms with Crippen molar-refractivity contribution in [2.75, 3.05) is 19.5 Å². The van der Waals surface area contributed by atoms with Crippen LogP contribution in [0.25, 0.3) is 0 Å². The van der Waals surface area contributed by atoms with Crippen molar-refractivity contribution in [3.8, 4) is 0 Å². The Hall–Kier alpha value is -2.87. The van der Waals surface area contributed by atoms with E-state index in [1.165, 1.54) is 12.1 Å². The van der Waals surface area contributed by atoms with Gasteiger partial charge >= 0.3 is 0 Å². The van der Waals surface area contributed by atoms with Gasteiger partial charge in [-0.15, -0.1) is 0 Å². The first-order valence-electron chi connectivity index (χ1n) is 10.2. The van der Waals surface area contributed by atoms with Gasteiger partial charge in [0.15, 0.2) is 9.84 Å². The first-order valence-corrected chi connectivity index (χ1v) is 12.6. The normalized spacial score (nSPS) is 16.6. The van der Waals surface area contributed by atoms with Gasteiger partial charge in [-0.25, -0.2) is 13.4 Å². The molecular weight excluding hydrogens is 479 g/mol. The van der Waals surface area contributed by atoms with Gasteiger partial charge in [-0.05, 0) is 47.5 Å². The standard InChI is InChI=1S/C24H22Cl2N4O2S/c1-27-24(28-16-33(31,32)21-13-11-20(26)12-14-21)30-15-22(17-5-3-2-4-6-17)23(29-30)18-7-9-19(25)10-8-18/h2-14,22H,15-16H2,1H3,(H,27,28). The van der Waals surface area contributed by atoms with Gasteiger partial charge in [-0.3, -0.25) is 4.99 Å².